The van der Waals surface area contributed by atoms with Gasteiger partial charge in [0.05, 0.1) is 40.7 Å². The van der Waals surface area contributed by atoms with Gasteiger partial charge in [-0.05, 0) is 198 Å². The SMILES string of the molecule is Brc1ccc2sccc2c1.CN[C@@H]1CCCC[C@H]1NC.COc1ccc(-c2cc3cnc(NCC(F)(F)F)nc3[nH]c2=O)cc1.COc1ccc(-c2cc3cnc(NCC(F)(F)F)nc3n(-c3ccc4sccc4c3)c2=O)cc1.COc1ccc(-c2cc3cnc(S(C)(=O)=O)nc3[nH]c2=O)cc1.COc1ccc(-c2cc3cnc(SC)nc3[nH]c2=O)cc1.NCC(F)(F)F. The zero-order valence-corrected chi connectivity index (χ0v) is 74.7. The van der Waals surface area contributed by atoms with E-state index in [-0.39, 0.29) is 50.7 Å². The molecule has 674 valence electrons. The Balaban J connectivity index is 0.000000154. The highest BCUT2D eigenvalue weighted by molar-refractivity contribution is 9.10. The molecule has 2 atom stereocenters. The van der Waals surface area contributed by atoms with Crippen LogP contribution in [0.5, 0.6) is 23.0 Å². The molecule has 0 radical (unpaired) electrons. The number of halogens is 10. The second-order valence-electron chi connectivity index (χ2n) is 28.1. The highest BCUT2D eigenvalue weighted by Crippen LogP contribution is 2.32. The quantitative estimate of drug-likeness (QED) is 0.0238. The van der Waals surface area contributed by atoms with Crippen LogP contribution in [0.3, 0.4) is 0 Å². The molecule has 16 aromatic rings. The average Bonchev–Trinajstić information content (AvgIpc) is 1.53. The topological polar surface area (TPSA) is 369 Å². The third-order valence-electron chi connectivity index (χ3n) is 19.3. The van der Waals surface area contributed by atoms with Gasteiger partial charge in [-0.3, -0.25) is 23.7 Å². The third-order valence-corrected chi connectivity index (χ3v) is 23.0. The van der Waals surface area contributed by atoms with Gasteiger partial charge in [0.2, 0.25) is 26.9 Å². The number of nitrogens with one attached hydrogen (secondary N) is 7. The minimum atomic E-state index is -4.43. The van der Waals surface area contributed by atoms with Crippen LogP contribution in [0.4, 0.5) is 51.4 Å². The van der Waals surface area contributed by atoms with Crippen molar-refractivity contribution in [2.24, 2.45) is 5.73 Å². The van der Waals surface area contributed by atoms with E-state index in [9.17, 15) is 67.1 Å². The third kappa shape index (κ3) is 26.7. The number of ether oxygens (including phenoxy) is 4. The smallest absolute Gasteiger partial charge is 0.405 e. The maximum atomic E-state index is 13.7. The molecule has 41 heteroatoms. The predicted octanol–water partition coefficient (Wildman–Crippen LogP) is 17.6. The molecule has 0 unspecified atom stereocenters. The van der Waals surface area contributed by atoms with E-state index in [1.807, 2.05) is 54.1 Å². The summed E-state index contributed by atoms with van der Waals surface area (Å²) in [4.78, 5) is 90.7. The molecule has 0 saturated heterocycles. The highest BCUT2D eigenvalue weighted by atomic mass is 79.9. The molecule has 9 N–H and O–H groups in total. The second-order valence-corrected chi connectivity index (χ2v) is 33.6. The monoisotopic (exact) mass is 1920 g/mol. The summed E-state index contributed by atoms with van der Waals surface area (Å²) in [6, 6.07) is 52.4. The fourth-order valence-electron chi connectivity index (χ4n) is 12.9. The number of thiophene rings is 2. The number of rotatable bonds is 17. The lowest BCUT2D eigenvalue weighted by Gasteiger charge is -2.30. The zero-order chi connectivity index (χ0) is 92.9. The number of thioether (sulfide) groups is 1. The lowest BCUT2D eigenvalue weighted by Crippen LogP contribution is -2.47. The Kier molecular flexibility index (Phi) is 32.9. The molecule has 1 aliphatic rings. The minimum Gasteiger partial charge on any atom is -0.497 e. The van der Waals surface area contributed by atoms with E-state index in [2.05, 4.69) is 141 Å². The summed E-state index contributed by atoms with van der Waals surface area (Å²) in [5.41, 5.74) is 9.24. The van der Waals surface area contributed by atoms with Gasteiger partial charge in [-0.25, -0.2) is 38.3 Å². The van der Waals surface area contributed by atoms with E-state index >= 15 is 0 Å². The van der Waals surface area contributed by atoms with Gasteiger partial charge < -0.3 is 60.9 Å². The van der Waals surface area contributed by atoms with Gasteiger partial charge in [0, 0.05) is 101 Å². The summed E-state index contributed by atoms with van der Waals surface area (Å²) in [6.45, 7) is -3.77. The van der Waals surface area contributed by atoms with Crippen molar-refractivity contribution in [3.8, 4) is 73.2 Å². The Labute approximate surface area is 750 Å². The maximum Gasteiger partial charge on any atom is 0.405 e. The molecule has 1 aliphatic carbocycles. The van der Waals surface area contributed by atoms with E-state index in [1.54, 1.807) is 160 Å². The molecule has 0 spiro atoms. The van der Waals surface area contributed by atoms with Crippen LogP contribution in [-0.2, 0) is 9.84 Å². The predicted molar refractivity (Wildman–Crippen MR) is 492 cm³/mol. The Bertz CT molecular complexity index is 6910. The standard InChI is InChI=1S/C24H17F3N4O2S.C16H13F3N4O2.C15H13N3O4S.C15H13N3O2S.C8H5BrS.C8H18N2.C2H4F3N/c1-33-18-5-2-14(3-6-18)19-11-16-12-28-23(29-13-24(25,26)27)30-21(16)31(22(19)32)17-4-7-20-15(10-17)8-9-34-20;1-25-11-4-2-9(3-5-11)12-6-10-7-20-15(21-8-16(17,18)19)23-13(10)22-14(12)24;1-22-11-5-3-9(4-6-11)12-7-10-8-16-15(23(2,20)21)18-13(10)17-14(12)19;1-20-11-5-3-9(4-6-11)12-7-10-8-16-15(21-2)18-13(10)17-14(12)19;9-7-1-2-8-6(5-7)3-4-10-8;1-9-7-5-3-4-6-8(7)10-2;3-2(4,5)1-6/h2-12H,13H2,1H3,(H,28,29,30);2-7H,8H2,1H3,(H2,20,21,22,23,24);3-8H,1-2H3,(H,16,17,18,19);3-8H,1-2H3,(H,16,17,18,19);1-5H;7-10H,3-6H2,1-2H3;1,6H2/t;;;;;7-,8-;/m.....1./s1. The molecule has 1 saturated carbocycles. The van der Waals surface area contributed by atoms with Crippen LogP contribution < -0.4 is 68.2 Å². The normalized spacial score (nSPS) is 13.2. The Morgan fingerprint density at radius 3 is 1.27 bits per heavy atom. The number of aromatic nitrogens is 12. The summed E-state index contributed by atoms with van der Waals surface area (Å²) in [7, 11) is 6.85. The van der Waals surface area contributed by atoms with Crippen LogP contribution >= 0.6 is 50.4 Å². The number of hydrogen-bond acceptors (Lipinski definition) is 26. The molecule has 6 aromatic carbocycles. The van der Waals surface area contributed by atoms with E-state index in [0.29, 0.717) is 101 Å². The first-order chi connectivity index (χ1) is 61.6. The lowest BCUT2D eigenvalue weighted by molar-refractivity contribution is -0.119. The lowest BCUT2D eigenvalue weighted by atomic mass is 9.91. The highest BCUT2D eigenvalue weighted by Gasteiger charge is 2.29. The van der Waals surface area contributed by atoms with Gasteiger partial charge in [-0.15, -0.1) is 22.7 Å². The molecule has 0 amide bonds. The van der Waals surface area contributed by atoms with Crippen LogP contribution in [0, 0.1) is 0 Å². The molecular weight excluding hydrogens is 1830 g/mol. The average molecular weight is 1920 g/mol. The number of likely N-dealkylation sites (N-methyl/N-ethyl adjacent to an activating group) is 2. The first-order valence-corrected chi connectivity index (χ1v) is 44.5. The fraction of sp³-hybridized carbons (Fsp3) is 0.227. The number of alkyl halides is 9. The molecule has 10 aromatic heterocycles. The minimum absolute atomic E-state index is 0.155. The Morgan fingerprint density at radius 2 is 0.860 bits per heavy atom. The molecule has 17 rings (SSSR count). The Morgan fingerprint density at radius 1 is 0.481 bits per heavy atom. The Hall–Kier alpha value is -12.8. The number of methoxy groups -OCH3 is 4. The van der Waals surface area contributed by atoms with Gasteiger partial charge >= 0.3 is 18.5 Å². The molecule has 129 heavy (non-hydrogen) atoms. The number of pyridine rings is 4. The zero-order valence-electron chi connectivity index (χ0n) is 69.8. The molecule has 0 bridgehead atoms. The van der Waals surface area contributed by atoms with Crippen molar-refractivity contribution in [3.63, 3.8) is 0 Å². The summed E-state index contributed by atoms with van der Waals surface area (Å²) in [5.74, 6) is 2.32. The summed E-state index contributed by atoms with van der Waals surface area (Å²) >= 11 is 8.21. The second kappa shape index (κ2) is 43.8. The van der Waals surface area contributed by atoms with Crippen molar-refractivity contribution in [1.29, 1.82) is 0 Å². The van der Waals surface area contributed by atoms with Crippen molar-refractivity contribution >= 4 is 136 Å². The van der Waals surface area contributed by atoms with Gasteiger partial charge in [-0.2, -0.15) is 49.5 Å². The number of fused-ring (bicyclic) bond motifs is 6. The molecule has 10 heterocycles. The number of anilines is 2. The fourth-order valence-corrected chi connectivity index (χ4v) is 15.6. The van der Waals surface area contributed by atoms with Crippen molar-refractivity contribution in [3.05, 3.63) is 251 Å². The van der Waals surface area contributed by atoms with Crippen LogP contribution in [0.25, 0.3) is 115 Å². The van der Waals surface area contributed by atoms with Crippen LogP contribution in [0.2, 0.25) is 0 Å². The number of benzene rings is 6. The molecule has 0 aliphatic heterocycles. The van der Waals surface area contributed by atoms with Crippen LogP contribution in [0.15, 0.2) is 239 Å². The number of nitrogens with two attached hydrogens (primary N) is 1. The van der Waals surface area contributed by atoms with Gasteiger partial charge in [0.25, 0.3) is 22.2 Å². The summed E-state index contributed by atoms with van der Waals surface area (Å²) in [6.07, 6.45) is 1.22. The van der Waals surface area contributed by atoms with Gasteiger partial charge in [0.15, 0.2) is 10.8 Å². The van der Waals surface area contributed by atoms with E-state index in [0.717, 1.165) is 37.5 Å². The largest absolute Gasteiger partial charge is 0.497 e. The molecule has 1 fully saturated rings. The first kappa shape index (κ1) is 96.9. The summed E-state index contributed by atoms with van der Waals surface area (Å²) < 4.78 is 155. The van der Waals surface area contributed by atoms with Crippen molar-refractivity contribution in [1.82, 2.24) is 70.0 Å². The summed E-state index contributed by atoms with van der Waals surface area (Å²) in [5, 5.41) is 19.9. The van der Waals surface area contributed by atoms with E-state index in [1.165, 1.54) is 70.7 Å². The molecular formula is C88H83BrF9N17O10S4. The van der Waals surface area contributed by atoms with E-state index in [4.69, 9.17) is 18.9 Å². The van der Waals surface area contributed by atoms with Crippen LogP contribution in [-0.4, -0.2) is 173 Å². The number of aromatic amines is 3. The number of nitrogens with zero attached hydrogens (tertiary/aromatic N) is 9. The number of sulfone groups is 1. The number of H-pyrrole nitrogens is 3. The first-order valence-electron chi connectivity index (χ1n) is 38.9. The van der Waals surface area contributed by atoms with Crippen molar-refractivity contribution in [2.75, 3.05) is 85.3 Å². The van der Waals surface area contributed by atoms with Gasteiger partial charge in [-0.1, -0.05) is 89.1 Å². The van der Waals surface area contributed by atoms with Crippen molar-refractivity contribution < 1.29 is 66.9 Å². The number of hydrogen-bond donors (Lipinski definition) is 8. The maximum absolute atomic E-state index is 13.7. The van der Waals surface area contributed by atoms with Gasteiger partial charge in [0.1, 0.15) is 53.0 Å². The molecule has 27 nitrogen and oxygen atoms in total. The van der Waals surface area contributed by atoms with Crippen molar-refractivity contribution in [2.45, 2.75) is 66.6 Å². The van der Waals surface area contributed by atoms with Crippen LogP contribution in [0.1, 0.15) is 25.7 Å². The van der Waals surface area contributed by atoms with E-state index < -0.39 is 53.6 Å².